The molecule has 7 nitrogen and oxygen atoms in total. The molecule has 1 unspecified atom stereocenters. The van der Waals surface area contributed by atoms with E-state index < -0.39 is 18.5 Å². The Morgan fingerprint density at radius 3 is 2.43 bits per heavy atom. The van der Waals surface area contributed by atoms with E-state index in [9.17, 15) is 28.5 Å². The van der Waals surface area contributed by atoms with Crippen LogP contribution < -0.4 is 4.90 Å². The molecule has 1 aliphatic heterocycles. The Hall–Kier alpha value is -3.92. The van der Waals surface area contributed by atoms with Gasteiger partial charge in [0.1, 0.15) is 24.4 Å². The molecule has 1 atom stereocenters. The Bertz CT molecular complexity index is 1330. The number of aromatic nitrogens is 2. The molecule has 2 aromatic rings. The van der Waals surface area contributed by atoms with E-state index in [-0.39, 0.29) is 31.0 Å². The van der Waals surface area contributed by atoms with Crippen LogP contribution in [0.25, 0.3) is 17.2 Å². The molecular formula is C27H25F3N6O. The molecule has 3 fully saturated rings. The van der Waals surface area contributed by atoms with Gasteiger partial charge >= 0.3 is 6.18 Å². The van der Waals surface area contributed by atoms with E-state index in [0.29, 0.717) is 40.3 Å². The standard InChI is InChI=1S/C27H25F3N6O/c1-2-20-10-21(19(13-32)14-33-20)22-9-18(12-31)26(34-25(22)17-5-6-17)35-7-8-36(23(15-35)16-3-4-16)24(37)11-27(28,29)30/h2,9-10,14,16-17,23H,1,3-8,11,15H2. The van der Waals surface area contributed by atoms with Gasteiger partial charge in [0, 0.05) is 42.9 Å². The fourth-order valence-electron chi connectivity index (χ4n) is 5.09. The molecule has 0 radical (unpaired) electrons. The summed E-state index contributed by atoms with van der Waals surface area (Å²) in [5.41, 5.74) is 3.45. The second kappa shape index (κ2) is 9.51. The summed E-state index contributed by atoms with van der Waals surface area (Å²) in [4.78, 5) is 24.9. The highest BCUT2D eigenvalue weighted by Crippen LogP contribution is 2.46. The van der Waals surface area contributed by atoms with Gasteiger partial charge in [0.15, 0.2) is 0 Å². The van der Waals surface area contributed by atoms with E-state index in [0.717, 1.165) is 31.4 Å². The second-order valence-electron chi connectivity index (χ2n) is 9.88. The van der Waals surface area contributed by atoms with E-state index in [1.807, 2.05) is 4.90 Å². The van der Waals surface area contributed by atoms with Crippen LogP contribution in [0, 0.1) is 28.6 Å². The van der Waals surface area contributed by atoms with Gasteiger partial charge in [-0.3, -0.25) is 9.78 Å². The Morgan fingerprint density at radius 2 is 1.84 bits per heavy atom. The van der Waals surface area contributed by atoms with Crippen molar-refractivity contribution in [3.05, 3.63) is 47.4 Å². The maximum atomic E-state index is 12.9. The number of piperazine rings is 1. The molecule has 0 aromatic carbocycles. The number of alkyl halides is 3. The molecule has 3 heterocycles. The fourth-order valence-corrected chi connectivity index (χ4v) is 5.09. The van der Waals surface area contributed by atoms with Crippen molar-refractivity contribution in [3.63, 3.8) is 0 Å². The number of carbonyl (C=O) groups is 1. The molecule has 0 N–H and O–H groups in total. The number of carbonyl (C=O) groups excluding carboxylic acids is 1. The van der Waals surface area contributed by atoms with Gasteiger partial charge < -0.3 is 9.80 Å². The summed E-state index contributed by atoms with van der Waals surface area (Å²) in [6.45, 7) is 4.52. The van der Waals surface area contributed by atoms with Gasteiger partial charge in [-0.2, -0.15) is 23.7 Å². The first-order valence-corrected chi connectivity index (χ1v) is 12.3. The van der Waals surface area contributed by atoms with Crippen molar-refractivity contribution < 1.29 is 18.0 Å². The van der Waals surface area contributed by atoms with Crippen LogP contribution in [0.2, 0.25) is 0 Å². The van der Waals surface area contributed by atoms with E-state index in [1.54, 1.807) is 18.2 Å². The molecule has 1 amide bonds. The molecule has 10 heteroatoms. The average molecular weight is 507 g/mol. The van der Waals surface area contributed by atoms with Crippen molar-refractivity contribution in [2.24, 2.45) is 5.92 Å². The van der Waals surface area contributed by atoms with Gasteiger partial charge in [0.25, 0.3) is 0 Å². The second-order valence-corrected chi connectivity index (χ2v) is 9.88. The van der Waals surface area contributed by atoms with Gasteiger partial charge in [-0.1, -0.05) is 6.58 Å². The number of hydrogen-bond acceptors (Lipinski definition) is 6. The lowest BCUT2D eigenvalue weighted by molar-refractivity contribution is -0.163. The summed E-state index contributed by atoms with van der Waals surface area (Å²) in [5.74, 6) is -0.0632. The molecular weight excluding hydrogens is 481 g/mol. The maximum absolute atomic E-state index is 12.9. The molecule has 2 aromatic heterocycles. The molecule has 1 saturated heterocycles. The minimum Gasteiger partial charge on any atom is -0.352 e. The molecule has 3 aliphatic rings. The van der Waals surface area contributed by atoms with Gasteiger partial charge in [-0.15, -0.1) is 0 Å². The van der Waals surface area contributed by atoms with Crippen molar-refractivity contribution >= 4 is 17.8 Å². The van der Waals surface area contributed by atoms with Crippen LogP contribution in [0.1, 0.15) is 60.5 Å². The molecule has 190 valence electrons. The lowest BCUT2D eigenvalue weighted by Gasteiger charge is -2.42. The number of anilines is 1. The monoisotopic (exact) mass is 506 g/mol. The minimum absolute atomic E-state index is 0.148. The summed E-state index contributed by atoms with van der Waals surface area (Å²) in [7, 11) is 0. The van der Waals surface area contributed by atoms with Crippen LogP contribution in [0.15, 0.2) is 24.9 Å². The summed E-state index contributed by atoms with van der Waals surface area (Å²) >= 11 is 0. The first-order valence-electron chi connectivity index (χ1n) is 12.3. The Morgan fingerprint density at radius 1 is 1.11 bits per heavy atom. The number of amides is 1. The van der Waals surface area contributed by atoms with Crippen LogP contribution in [-0.2, 0) is 4.79 Å². The van der Waals surface area contributed by atoms with Gasteiger partial charge in [0.2, 0.25) is 5.91 Å². The lowest BCUT2D eigenvalue weighted by atomic mass is 9.95. The third kappa shape index (κ3) is 5.15. The molecule has 2 saturated carbocycles. The topological polar surface area (TPSA) is 96.9 Å². The van der Waals surface area contributed by atoms with Crippen molar-refractivity contribution in [1.82, 2.24) is 14.9 Å². The number of hydrogen-bond donors (Lipinski definition) is 0. The number of nitrogens with zero attached hydrogens (tertiary/aromatic N) is 6. The van der Waals surface area contributed by atoms with Gasteiger partial charge in [0.05, 0.1) is 28.6 Å². The van der Waals surface area contributed by atoms with Crippen molar-refractivity contribution in [2.45, 2.75) is 50.2 Å². The van der Waals surface area contributed by atoms with E-state index >= 15 is 0 Å². The van der Waals surface area contributed by atoms with Crippen molar-refractivity contribution in [3.8, 4) is 23.3 Å². The quantitative estimate of drug-likeness (QED) is 0.559. The van der Waals surface area contributed by atoms with Crippen LogP contribution in [0.5, 0.6) is 0 Å². The normalized spacial score (nSPS) is 19.8. The zero-order valence-corrected chi connectivity index (χ0v) is 20.1. The predicted octanol–water partition coefficient (Wildman–Crippen LogP) is 4.79. The number of halogens is 3. The van der Waals surface area contributed by atoms with Crippen molar-refractivity contribution in [2.75, 3.05) is 24.5 Å². The average Bonchev–Trinajstić information content (AvgIpc) is 3.79. The first kappa shape index (κ1) is 24.8. The molecule has 37 heavy (non-hydrogen) atoms. The van der Waals surface area contributed by atoms with Crippen molar-refractivity contribution in [1.29, 1.82) is 10.5 Å². The Kier molecular flexibility index (Phi) is 6.36. The minimum atomic E-state index is -4.55. The lowest BCUT2D eigenvalue weighted by Crippen LogP contribution is -2.57. The van der Waals surface area contributed by atoms with E-state index in [1.165, 1.54) is 11.1 Å². The van der Waals surface area contributed by atoms with E-state index in [4.69, 9.17) is 4.98 Å². The predicted molar refractivity (Wildman–Crippen MR) is 130 cm³/mol. The zero-order chi connectivity index (χ0) is 26.3. The Balaban J connectivity index is 1.51. The first-order chi connectivity index (χ1) is 17.7. The third-order valence-electron chi connectivity index (χ3n) is 7.22. The highest BCUT2D eigenvalue weighted by atomic mass is 19.4. The van der Waals surface area contributed by atoms with E-state index in [2.05, 4.69) is 23.7 Å². The number of pyridine rings is 2. The molecule has 0 spiro atoms. The summed E-state index contributed by atoms with van der Waals surface area (Å²) in [5, 5.41) is 19.7. The molecule has 5 rings (SSSR count). The van der Waals surface area contributed by atoms with Gasteiger partial charge in [-0.05, 0) is 49.8 Å². The highest BCUT2D eigenvalue weighted by Gasteiger charge is 2.44. The largest absolute Gasteiger partial charge is 0.397 e. The summed E-state index contributed by atoms with van der Waals surface area (Å²) in [6, 6.07) is 7.57. The Labute approximate surface area is 212 Å². The molecule has 0 bridgehead atoms. The third-order valence-corrected chi connectivity index (χ3v) is 7.22. The molecule has 2 aliphatic carbocycles. The summed E-state index contributed by atoms with van der Waals surface area (Å²) < 4.78 is 38.8. The van der Waals surface area contributed by atoms with Crippen LogP contribution >= 0.6 is 0 Å². The van der Waals surface area contributed by atoms with Gasteiger partial charge in [-0.25, -0.2) is 4.98 Å². The number of nitriles is 2. The number of rotatable bonds is 6. The fraction of sp³-hybridized carbons (Fsp3) is 0.444. The SMILES string of the molecule is C=Cc1cc(-c2cc(C#N)c(N3CCN(C(=O)CC(F)(F)F)C(C4CC4)C3)nc2C2CC2)c(C#N)cn1. The van der Waals surface area contributed by atoms with Crippen LogP contribution in [0.3, 0.4) is 0 Å². The zero-order valence-electron chi connectivity index (χ0n) is 20.1. The van der Waals surface area contributed by atoms with Crippen LogP contribution in [0.4, 0.5) is 19.0 Å². The maximum Gasteiger partial charge on any atom is 0.397 e. The van der Waals surface area contributed by atoms with Crippen LogP contribution in [-0.4, -0.2) is 52.6 Å². The smallest absolute Gasteiger partial charge is 0.352 e. The summed E-state index contributed by atoms with van der Waals surface area (Å²) in [6.07, 6.45) is 0.680. The highest BCUT2D eigenvalue weighted by molar-refractivity contribution is 5.79.